The first-order valence-electron chi connectivity index (χ1n) is 8.16. The Kier molecular flexibility index (Phi) is 6.31. The molecule has 0 aliphatic carbocycles. The SMILES string of the molecule is CCC(Oc1ccc(C2=NNC(=O)CC2C)cc1)C(=O)NCCN. The smallest absolute Gasteiger partial charge is 0.261 e. The maximum Gasteiger partial charge on any atom is 0.261 e. The molecule has 1 aliphatic rings. The maximum atomic E-state index is 12.0. The van der Waals surface area contributed by atoms with Crippen LogP contribution in [0.1, 0.15) is 32.3 Å². The van der Waals surface area contributed by atoms with E-state index < -0.39 is 6.10 Å². The van der Waals surface area contributed by atoms with Crippen molar-refractivity contribution in [2.45, 2.75) is 32.8 Å². The quantitative estimate of drug-likeness (QED) is 0.686. The summed E-state index contributed by atoms with van der Waals surface area (Å²) in [5, 5.41) is 6.86. The summed E-state index contributed by atoms with van der Waals surface area (Å²) in [5.41, 5.74) is 9.66. The highest BCUT2D eigenvalue weighted by Crippen LogP contribution is 2.20. The fraction of sp³-hybridized carbons (Fsp3) is 0.471. The van der Waals surface area contributed by atoms with Crippen LogP contribution in [0.2, 0.25) is 0 Å². The average molecular weight is 332 g/mol. The van der Waals surface area contributed by atoms with Crippen molar-refractivity contribution >= 4 is 17.5 Å². The Hall–Kier alpha value is -2.41. The van der Waals surface area contributed by atoms with Crippen molar-refractivity contribution in [1.82, 2.24) is 10.7 Å². The predicted octanol–water partition coefficient (Wildman–Crippen LogP) is 0.779. The Balaban J connectivity index is 2.03. The standard InChI is InChI=1S/C17H24N4O3/c1-3-14(17(23)19-9-8-18)24-13-6-4-12(5-7-13)16-11(2)10-15(22)20-21-16/h4-7,11,14H,3,8-10,18H2,1-2H3,(H,19,23)(H,20,22). The summed E-state index contributed by atoms with van der Waals surface area (Å²) in [4.78, 5) is 23.3. The highest BCUT2D eigenvalue weighted by atomic mass is 16.5. The minimum atomic E-state index is -0.548. The number of nitrogens with zero attached hydrogens (tertiary/aromatic N) is 1. The summed E-state index contributed by atoms with van der Waals surface area (Å²) in [5.74, 6) is 0.443. The van der Waals surface area contributed by atoms with Crippen LogP contribution in [0.15, 0.2) is 29.4 Å². The lowest BCUT2D eigenvalue weighted by Crippen LogP contribution is -2.40. The molecule has 2 unspecified atom stereocenters. The summed E-state index contributed by atoms with van der Waals surface area (Å²) in [7, 11) is 0. The molecule has 24 heavy (non-hydrogen) atoms. The summed E-state index contributed by atoms with van der Waals surface area (Å²) < 4.78 is 5.75. The lowest BCUT2D eigenvalue weighted by Gasteiger charge is -2.20. The van der Waals surface area contributed by atoms with Gasteiger partial charge in [0.15, 0.2) is 6.10 Å². The van der Waals surface area contributed by atoms with Gasteiger partial charge < -0.3 is 15.8 Å². The molecular formula is C17H24N4O3. The molecule has 0 radical (unpaired) electrons. The molecule has 130 valence electrons. The van der Waals surface area contributed by atoms with Crippen LogP contribution in [-0.2, 0) is 9.59 Å². The van der Waals surface area contributed by atoms with E-state index in [0.29, 0.717) is 31.7 Å². The summed E-state index contributed by atoms with van der Waals surface area (Å²) in [6.07, 6.45) is 0.442. The van der Waals surface area contributed by atoms with Gasteiger partial charge in [-0.1, -0.05) is 13.8 Å². The van der Waals surface area contributed by atoms with Crippen molar-refractivity contribution in [3.8, 4) is 5.75 Å². The number of benzene rings is 1. The lowest BCUT2D eigenvalue weighted by atomic mass is 9.94. The van der Waals surface area contributed by atoms with Gasteiger partial charge in [0, 0.05) is 25.4 Å². The van der Waals surface area contributed by atoms with E-state index >= 15 is 0 Å². The van der Waals surface area contributed by atoms with Crippen LogP contribution in [-0.4, -0.2) is 36.7 Å². The molecule has 0 bridgehead atoms. The Morgan fingerprint density at radius 2 is 2.17 bits per heavy atom. The van der Waals surface area contributed by atoms with E-state index in [1.807, 2.05) is 26.0 Å². The number of nitrogens with one attached hydrogen (secondary N) is 2. The normalized spacial score (nSPS) is 18.4. The van der Waals surface area contributed by atoms with E-state index in [1.54, 1.807) is 12.1 Å². The Morgan fingerprint density at radius 1 is 1.46 bits per heavy atom. The number of nitrogens with two attached hydrogens (primary N) is 1. The lowest BCUT2D eigenvalue weighted by molar-refractivity contribution is -0.128. The molecule has 0 aromatic heterocycles. The van der Waals surface area contributed by atoms with E-state index in [-0.39, 0.29) is 17.7 Å². The molecule has 0 saturated carbocycles. The Morgan fingerprint density at radius 3 is 2.75 bits per heavy atom. The second kappa shape index (κ2) is 8.44. The highest BCUT2D eigenvalue weighted by molar-refractivity contribution is 6.05. The monoisotopic (exact) mass is 332 g/mol. The first kappa shape index (κ1) is 17.9. The van der Waals surface area contributed by atoms with Crippen molar-refractivity contribution in [3.63, 3.8) is 0 Å². The average Bonchev–Trinajstić information content (AvgIpc) is 2.58. The van der Waals surface area contributed by atoms with Crippen molar-refractivity contribution in [2.24, 2.45) is 16.8 Å². The number of hydrogen-bond donors (Lipinski definition) is 3. The number of carbonyl (C=O) groups excluding carboxylic acids is 2. The molecule has 1 aromatic rings. The van der Waals surface area contributed by atoms with E-state index in [1.165, 1.54) is 0 Å². The molecule has 0 fully saturated rings. The van der Waals surface area contributed by atoms with Gasteiger partial charge in [0.05, 0.1) is 5.71 Å². The molecule has 0 spiro atoms. The van der Waals surface area contributed by atoms with Crippen LogP contribution >= 0.6 is 0 Å². The zero-order chi connectivity index (χ0) is 17.5. The van der Waals surface area contributed by atoms with Crippen LogP contribution in [0, 0.1) is 5.92 Å². The topological polar surface area (TPSA) is 106 Å². The molecule has 1 aliphatic heterocycles. The van der Waals surface area contributed by atoms with E-state index in [2.05, 4.69) is 15.8 Å². The fourth-order valence-corrected chi connectivity index (χ4v) is 2.50. The summed E-state index contributed by atoms with van der Waals surface area (Å²) in [6.45, 7) is 4.69. The van der Waals surface area contributed by atoms with Crippen LogP contribution in [0.4, 0.5) is 0 Å². The minimum absolute atomic E-state index is 0.0657. The molecule has 2 amide bonds. The van der Waals surface area contributed by atoms with Gasteiger partial charge in [0.2, 0.25) is 5.91 Å². The van der Waals surface area contributed by atoms with Gasteiger partial charge in [-0.05, 0) is 36.2 Å². The number of ether oxygens (including phenoxy) is 1. The molecule has 1 aromatic carbocycles. The first-order valence-corrected chi connectivity index (χ1v) is 8.16. The molecule has 7 nitrogen and oxygen atoms in total. The first-order chi connectivity index (χ1) is 11.5. The highest BCUT2D eigenvalue weighted by Gasteiger charge is 2.22. The van der Waals surface area contributed by atoms with Gasteiger partial charge in [-0.2, -0.15) is 5.10 Å². The van der Waals surface area contributed by atoms with Crippen LogP contribution < -0.4 is 21.2 Å². The number of hydrazone groups is 1. The van der Waals surface area contributed by atoms with E-state index in [9.17, 15) is 9.59 Å². The van der Waals surface area contributed by atoms with Crippen LogP contribution in [0.5, 0.6) is 5.75 Å². The minimum Gasteiger partial charge on any atom is -0.481 e. The second-order valence-electron chi connectivity index (χ2n) is 5.76. The zero-order valence-corrected chi connectivity index (χ0v) is 14.0. The molecular weight excluding hydrogens is 308 g/mol. The van der Waals surface area contributed by atoms with Crippen molar-refractivity contribution in [3.05, 3.63) is 29.8 Å². The second-order valence-corrected chi connectivity index (χ2v) is 5.76. The summed E-state index contributed by atoms with van der Waals surface area (Å²) >= 11 is 0. The van der Waals surface area contributed by atoms with Crippen molar-refractivity contribution in [2.75, 3.05) is 13.1 Å². The van der Waals surface area contributed by atoms with Gasteiger partial charge in [-0.15, -0.1) is 0 Å². The number of hydrogen-bond acceptors (Lipinski definition) is 5. The third-order valence-electron chi connectivity index (χ3n) is 3.79. The van der Waals surface area contributed by atoms with Gasteiger partial charge >= 0.3 is 0 Å². The fourth-order valence-electron chi connectivity index (χ4n) is 2.50. The molecule has 2 atom stereocenters. The number of amides is 2. The molecule has 2 rings (SSSR count). The molecule has 0 saturated heterocycles. The number of carbonyl (C=O) groups is 2. The van der Waals surface area contributed by atoms with Gasteiger partial charge in [0.25, 0.3) is 5.91 Å². The Bertz CT molecular complexity index is 613. The molecule has 4 N–H and O–H groups in total. The predicted molar refractivity (Wildman–Crippen MR) is 91.7 cm³/mol. The van der Waals surface area contributed by atoms with Crippen LogP contribution in [0.25, 0.3) is 0 Å². The van der Waals surface area contributed by atoms with Crippen molar-refractivity contribution in [1.29, 1.82) is 0 Å². The van der Waals surface area contributed by atoms with Gasteiger partial charge in [0.1, 0.15) is 5.75 Å². The van der Waals surface area contributed by atoms with Gasteiger partial charge in [-0.3, -0.25) is 9.59 Å². The van der Waals surface area contributed by atoms with Gasteiger partial charge in [-0.25, -0.2) is 5.43 Å². The summed E-state index contributed by atoms with van der Waals surface area (Å²) in [6, 6.07) is 7.37. The zero-order valence-electron chi connectivity index (χ0n) is 14.0. The number of rotatable bonds is 7. The largest absolute Gasteiger partial charge is 0.481 e. The van der Waals surface area contributed by atoms with E-state index in [0.717, 1.165) is 11.3 Å². The molecule has 1 heterocycles. The Labute approximate surface area is 141 Å². The van der Waals surface area contributed by atoms with E-state index in [4.69, 9.17) is 10.5 Å². The van der Waals surface area contributed by atoms with Crippen molar-refractivity contribution < 1.29 is 14.3 Å². The third kappa shape index (κ3) is 4.55. The third-order valence-corrected chi connectivity index (χ3v) is 3.79. The molecule has 7 heteroatoms. The maximum absolute atomic E-state index is 12.0. The van der Waals surface area contributed by atoms with Crippen LogP contribution in [0.3, 0.4) is 0 Å².